The maximum atomic E-state index is 12.4. The highest BCUT2D eigenvalue weighted by Crippen LogP contribution is 2.44. The van der Waals surface area contributed by atoms with Crippen molar-refractivity contribution in [3.8, 4) is 0 Å². The molecule has 0 atom stereocenters. The average molecular weight is 389 g/mol. The molecule has 2 aromatic rings. The lowest BCUT2D eigenvalue weighted by Gasteiger charge is -2.11. The molecule has 0 heterocycles. The van der Waals surface area contributed by atoms with Crippen molar-refractivity contribution in [1.29, 1.82) is 0 Å². The summed E-state index contributed by atoms with van der Waals surface area (Å²) in [5.74, 6) is -0.419. The number of hydrogen-bond donors (Lipinski definition) is 0. The van der Waals surface area contributed by atoms with Crippen molar-refractivity contribution in [2.45, 2.75) is 0 Å². The van der Waals surface area contributed by atoms with Gasteiger partial charge in [-0.25, -0.2) is 0 Å². The van der Waals surface area contributed by atoms with Gasteiger partial charge in [-0.15, -0.1) is 0 Å². The third-order valence-electron chi connectivity index (χ3n) is 2.54. The maximum Gasteiger partial charge on any atom is 0.196 e. The van der Waals surface area contributed by atoms with Gasteiger partial charge in [0.15, 0.2) is 5.78 Å². The lowest BCUT2D eigenvalue weighted by atomic mass is 10.0. The summed E-state index contributed by atoms with van der Waals surface area (Å²) in [6, 6.07) is 6.26. The van der Waals surface area contributed by atoms with Crippen LogP contribution in [0.1, 0.15) is 15.9 Å². The summed E-state index contributed by atoms with van der Waals surface area (Å²) >= 11 is 35.6. The van der Waals surface area contributed by atoms with Gasteiger partial charge in [-0.3, -0.25) is 4.79 Å². The van der Waals surface area contributed by atoms with Crippen LogP contribution in [-0.4, -0.2) is 5.78 Å². The number of carbonyl (C=O) groups excluding carboxylic acids is 1. The Morgan fingerprint density at radius 1 is 0.650 bits per heavy atom. The van der Waals surface area contributed by atoms with Crippen LogP contribution in [0.4, 0.5) is 0 Å². The first-order valence-electron chi connectivity index (χ1n) is 5.16. The minimum absolute atomic E-state index is 0.00931. The number of benzene rings is 2. The van der Waals surface area contributed by atoms with E-state index in [1.807, 2.05) is 0 Å². The average Bonchev–Trinajstić information content (AvgIpc) is 2.44. The Labute approximate surface area is 145 Å². The van der Waals surface area contributed by atoms with Crippen LogP contribution in [0.3, 0.4) is 0 Å². The van der Waals surface area contributed by atoms with E-state index in [0.717, 1.165) is 0 Å². The van der Waals surface area contributed by atoms with Crippen LogP contribution < -0.4 is 0 Å². The molecule has 0 aromatic heterocycles. The van der Waals surface area contributed by atoms with E-state index in [0.29, 0.717) is 10.6 Å². The molecule has 2 aromatic carbocycles. The summed E-state index contributed by atoms with van der Waals surface area (Å²) < 4.78 is 0. The molecule has 0 amide bonds. The molecular formula is C13H4Cl6O. The van der Waals surface area contributed by atoms with E-state index in [1.54, 1.807) is 24.3 Å². The highest BCUT2D eigenvalue weighted by Gasteiger charge is 2.24. The fraction of sp³-hybridized carbons (Fsp3) is 0. The van der Waals surface area contributed by atoms with Gasteiger partial charge in [-0.2, -0.15) is 0 Å². The van der Waals surface area contributed by atoms with Crippen LogP contribution in [0.15, 0.2) is 24.3 Å². The van der Waals surface area contributed by atoms with Crippen LogP contribution in [-0.2, 0) is 0 Å². The van der Waals surface area contributed by atoms with Gasteiger partial charge in [-0.1, -0.05) is 69.6 Å². The standard InChI is InChI=1S/C13H4Cl6O/c14-6-3-1-5(2-4-6)13(20)7-8(15)10(17)12(19)11(18)9(7)16/h1-4H. The zero-order chi connectivity index (χ0) is 15.0. The fourth-order valence-electron chi connectivity index (χ4n) is 1.55. The Morgan fingerprint density at radius 3 is 1.50 bits per heavy atom. The quantitative estimate of drug-likeness (QED) is 0.312. The summed E-state index contributed by atoms with van der Waals surface area (Å²) in [4.78, 5) is 12.4. The fourth-order valence-corrected chi connectivity index (χ4v) is 2.99. The molecule has 0 saturated carbocycles. The topological polar surface area (TPSA) is 17.1 Å². The van der Waals surface area contributed by atoms with E-state index < -0.39 is 5.78 Å². The summed E-state index contributed by atoms with van der Waals surface area (Å²) in [7, 11) is 0. The van der Waals surface area contributed by atoms with Crippen molar-refractivity contribution in [2.75, 3.05) is 0 Å². The first kappa shape index (κ1) is 16.2. The minimum Gasteiger partial charge on any atom is -0.288 e. The van der Waals surface area contributed by atoms with Crippen LogP contribution in [0, 0.1) is 0 Å². The number of rotatable bonds is 2. The second-order valence-corrected chi connectivity index (χ2v) is 6.11. The second-order valence-electron chi connectivity index (χ2n) is 3.78. The predicted molar refractivity (Wildman–Crippen MR) is 86.4 cm³/mol. The molecule has 0 radical (unpaired) electrons. The van der Waals surface area contributed by atoms with E-state index in [1.165, 1.54) is 0 Å². The van der Waals surface area contributed by atoms with Gasteiger partial charge in [0.2, 0.25) is 0 Å². The van der Waals surface area contributed by atoms with Crippen LogP contribution in [0.5, 0.6) is 0 Å². The van der Waals surface area contributed by atoms with Crippen molar-refractivity contribution < 1.29 is 4.79 Å². The lowest BCUT2D eigenvalue weighted by Crippen LogP contribution is -2.04. The molecule has 7 heteroatoms. The molecule has 0 aliphatic carbocycles. The number of ketones is 1. The molecule has 104 valence electrons. The van der Waals surface area contributed by atoms with Gasteiger partial charge in [-0.05, 0) is 24.3 Å². The van der Waals surface area contributed by atoms with E-state index in [9.17, 15) is 4.79 Å². The van der Waals surface area contributed by atoms with Crippen LogP contribution in [0.2, 0.25) is 30.1 Å². The van der Waals surface area contributed by atoms with Gasteiger partial charge in [0.05, 0.1) is 30.7 Å². The first-order chi connectivity index (χ1) is 9.34. The third kappa shape index (κ3) is 2.89. The Bertz CT molecular complexity index is 664. The van der Waals surface area contributed by atoms with Crippen molar-refractivity contribution >= 4 is 75.4 Å². The summed E-state index contributed by atoms with van der Waals surface area (Å²) in [5.41, 5.74) is 0.364. The predicted octanol–water partition coefficient (Wildman–Crippen LogP) is 6.84. The lowest BCUT2D eigenvalue weighted by molar-refractivity contribution is 0.103. The van der Waals surface area contributed by atoms with E-state index >= 15 is 0 Å². The van der Waals surface area contributed by atoms with Gasteiger partial charge in [0, 0.05) is 10.6 Å². The zero-order valence-corrected chi connectivity index (χ0v) is 14.0. The molecule has 1 nitrogen and oxygen atoms in total. The van der Waals surface area contributed by atoms with E-state index in [4.69, 9.17) is 69.6 Å². The number of carbonyl (C=O) groups is 1. The van der Waals surface area contributed by atoms with Gasteiger partial charge >= 0.3 is 0 Å². The molecule has 0 fully saturated rings. The Balaban J connectivity index is 2.64. The smallest absolute Gasteiger partial charge is 0.196 e. The highest BCUT2D eigenvalue weighted by atomic mass is 35.5. The Kier molecular flexibility index (Phi) is 5.12. The second kappa shape index (κ2) is 6.31. The summed E-state index contributed by atoms with van der Waals surface area (Å²) in [5, 5.41) is 0.416. The molecular weight excluding hydrogens is 385 g/mol. The molecule has 0 N–H and O–H groups in total. The molecule has 0 aliphatic rings. The highest BCUT2D eigenvalue weighted by molar-refractivity contribution is 6.56. The molecule has 0 unspecified atom stereocenters. The van der Waals surface area contributed by atoms with Crippen LogP contribution >= 0.6 is 69.6 Å². The zero-order valence-electron chi connectivity index (χ0n) is 9.49. The SMILES string of the molecule is O=C(c1ccc(Cl)cc1)c1c(Cl)c(Cl)c(Cl)c(Cl)c1Cl. The summed E-state index contributed by atoms with van der Waals surface area (Å²) in [6.45, 7) is 0. The van der Waals surface area contributed by atoms with Crippen molar-refractivity contribution in [2.24, 2.45) is 0 Å². The number of halogens is 6. The first-order valence-corrected chi connectivity index (χ1v) is 7.43. The summed E-state index contributed by atoms with van der Waals surface area (Å²) in [6.07, 6.45) is 0. The van der Waals surface area contributed by atoms with Gasteiger partial charge in [0.1, 0.15) is 0 Å². The molecule has 0 spiro atoms. The van der Waals surface area contributed by atoms with Crippen molar-refractivity contribution in [3.63, 3.8) is 0 Å². The normalized spacial score (nSPS) is 10.7. The van der Waals surface area contributed by atoms with Crippen molar-refractivity contribution in [1.82, 2.24) is 0 Å². The molecule has 20 heavy (non-hydrogen) atoms. The van der Waals surface area contributed by atoms with Gasteiger partial charge < -0.3 is 0 Å². The third-order valence-corrected chi connectivity index (χ3v) is 5.07. The van der Waals surface area contributed by atoms with Crippen molar-refractivity contribution in [3.05, 3.63) is 65.5 Å². The Hall–Kier alpha value is -0.150. The Morgan fingerprint density at radius 2 is 1.05 bits per heavy atom. The number of hydrogen-bond acceptors (Lipinski definition) is 1. The molecule has 0 aliphatic heterocycles. The van der Waals surface area contributed by atoms with Gasteiger partial charge in [0.25, 0.3) is 0 Å². The largest absolute Gasteiger partial charge is 0.288 e. The molecule has 0 bridgehead atoms. The van der Waals surface area contributed by atoms with E-state index in [2.05, 4.69) is 0 Å². The monoisotopic (exact) mass is 386 g/mol. The molecule has 2 rings (SSSR count). The minimum atomic E-state index is -0.419. The van der Waals surface area contributed by atoms with E-state index in [-0.39, 0.29) is 30.7 Å². The van der Waals surface area contributed by atoms with Crippen LogP contribution in [0.25, 0.3) is 0 Å². The molecule has 0 saturated heterocycles. The maximum absolute atomic E-state index is 12.4.